The van der Waals surface area contributed by atoms with Gasteiger partial charge in [0.1, 0.15) is 0 Å². The summed E-state index contributed by atoms with van der Waals surface area (Å²) < 4.78 is 0. The summed E-state index contributed by atoms with van der Waals surface area (Å²) in [5.74, 6) is 0.461. The van der Waals surface area contributed by atoms with Gasteiger partial charge in [0.2, 0.25) is 0 Å². The lowest BCUT2D eigenvalue weighted by molar-refractivity contribution is 0.0962. The molecule has 2 nitrogen and oxygen atoms in total. The van der Waals surface area contributed by atoms with Crippen molar-refractivity contribution < 1.29 is 4.79 Å². The number of carbonyl (C=O) groups is 1. The molecular formula is C11H14ClNOS. The monoisotopic (exact) mass is 243 g/mol. The summed E-state index contributed by atoms with van der Waals surface area (Å²) >= 11 is 6.98. The van der Waals surface area contributed by atoms with Crippen LogP contribution >= 0.6 is 22.9 Å². The van der Waals surface area contributed by atoms with Gasteiger partial charge in [-0.25, -0.2) is 0 Å². The molecule has 82 valence electrons. The third kappa shape index (κ3) is 3.68. The number of aryl methyl sites for hydroxylation is 2. The van der Waals surface area contributed by atoms with Crippen LogP contribution in [0, 0.1) is 13.8 Å². The van der Waals surface area contributed by atoms with Crippen LogP contribution in [-0.4, -0.2) is 18.3 Å². The van der Waals surface area contributed by atoms with E-state index in [4.69, 9.17) is 11.6 Å². The summed E-state index contributed by atoms with van der Waals surface area (Å²) in [7, 11) is 0. The molecule has 15 heavy (non-hydrogen) atoms. The molecule has 1 heterocycles. The maximum Gasteiger partial charge on any atom is 0.261 e. The fourth-order valence-corrected chi connectivity index (χ4v) is 2.15. The lowest BCUT2D eigenvalue weighted by Gasteiger charge is -1.97. The highest BCUT2D eigenvalue weighted by atomic mass is 35.5. The van der Waals surface area contributed by atoms with Crippen molar-refractivity contribution in [2.75, 3.05) is 12.4 Å². The highest BCUT2D eigenvalue weighted by molar-refractivity contribution is 7.14. The Balaban J connectivity index is 2.50. The van der Waals surface area contributed by atoms with Crippen LogP contribution in [0.1, 0.15) is 20.1 Å². The van der Waals surface area contributed by atoms with E-state index in [-0.39, 0.29) is 5.91 Å². The zero-order chi connectivity index (χ0) is 11.3. The van der Waals surface area contributed by atoms with E-state index in [2.05, 4.69) is 5.32 Å². The maximum absolute atomic E-state index is 11.6. The van der Waals surface area contributed by atoms with Gasteiger partial charge < -0.3 is 5.32 Å². The largest absolute Gasteiger partial charge is 0.348 e. The van der Waals surface area contributed by atoms with E-state index in [0.717, 1.165) is 4.88 Å². The van der Waals surface area contributed by atoms with Crippen LogP contribution in [0.5, 0.6) is 0 Å². The fourth-order valence-electron chi connectivity index (χ4n) is 1.07. The van der Waals surface area contributed by atoms with Crippen LogP contribution < -0.4 is 5.32 Å². The number of carbonyl (C=O) groups excluding carboxylic acids is 1. The Bertz CT molecular complexity index is 351. The van der Waals surface area contributed by atoms with Crippen molar-refractivity contribution in [2.24, 2.45) is 0 Å². The van der Waals surface area contributed by atoms with Gasteiger partial charge in [-0.05, 0) is 25.5 Å². The summed E-state index contributed by atoms with van der Waals surface area (Å²) in [6.07, 6.45) is 3.66. The molecule has 1 aromatic heterocycles. The van der Waals surface area contributed by atoms with Crippen LogP contribution in [0.25, 0.3) is 0 Å². The van der Waals surface area contributed by atoms with Crippen LogP contribution in [0.4, 0.5) is 0 Å². The first kappa shape index (κ1) is 12.3. The van der Waals surface area contributed by atoms with E-state index in [9.17, 15) is 4.79 Å². The molecule has 0 unspecified atom stereocenters. The first-order valence-corrected chi connectivity index (χ1v) is 6.06. The van der Waals surface area contributed by atoms with Crippen molar-refractivity contribution >= 4 is 28.8 Å². The quantitative estimate of drug-likeness (QED) is 0.640. The number of allylic oxidation sites excluding steroid dienone is 1. The zero-order valence-electron chi connectivity index (χ0n) is 8.84. The van der Waals surface area contributed by atoms with Crippen molar-refractivity contribution in [3.05, 3.63) is 33.5 Å². The minimum atomic E-state index is -0.0181. The molecule has 0 radical (unpaired) electrons. The van der Waals surface area contributed by atoms with Crippen molar-refractivity contribution in [2.45, 2.75) is 13.8 Å². The second-order valence-corrected chi connectivity index (χ2v) is 4.75. The lowest BCUT2D eigenvalue weighted by Crippen LogP contribution is -2.22. The van der Waals surface area contributed by atoms with E-state index in [0.29, 0.717) is 12.4 Å². The van der Waals surface area contributed by atoms with Gasteiger partial charge >= 0.3 is 0 Å². The number of amides is 1. The molecule has 0 atom stereocenters. The molecule has 0 saturated heterocycles. The topological polar surface area (TPSA) is 29.1 Å². The Morgan fingerprint density at radius 1 is 1.53 bits per heavy atom. The molecule has 0 saturated carbocycles. The summed E-state index contributed by atoms with van der Waals surface area (Å²) in [4.78, 5) is 13.6. The third-order valence-electron chi connectivity index (χ3n) is 2.03. The minimum Gasteiger partial charge on any atom is -0.348 e. The lowest BCUT2D eigenvalue weighted by atomic mass is 10.3. The first-order valence-electron chi connectivity index (χ1n) is 4.71. The van der Waals surface area contributed by atoms with Crippen LogP contribution in [-0.2, 0) is 0 Å². The second kappa shape index (κ2) is 5.93. The minimum absolute atomic E-state index is 0.0181. The molecule has 4 heteroatoms. The van der Waals surface area contributed by atoms with Gasteiger partial charge in [0.15, 0.2) is 0 Å². The van der Waals surface area contributed by atoms with Crippen molar-refractivity contribution in [3.8, 4) is 0 Å². The number of alkyl halides is 1. The van der Waals surface area contributed by atoms with E-state index in [1.807, 2.05) is 32.1 Å². The van der Waals surface area contributed by atoms with Gasteiger partial charge in [-0.3, -0.25) is 4.79 Å². The molecular weight excluding hydrogens is 230 g/mol. The molecule has 1 aromatic rings. The molecule has 0 fully saturated rings. The van der Waals surface area contributed by atoms with Gasteiger partial charge in [0.25, 0.3) is 5.91 Å². The Labute approximate surface area is 99.0 Å². The molecule has 0 aliphatic carbocycles. The predicted octanol–water partition coefficient (Wildman–Crippen LogP) is 2.89. The number of thiophene rings is 1. The SMILES string of the molecule is Cc1cc(C(=O)NC/C=C/CCl)sc1C. The normalized spacial score (nSPS) is 10.9. The van der Waals surface area contributed by atoms with Crippen molar-refractivity contribution in [1.29, 1.82) is 0 Å². The summed E-state index contributed by atoms with van der Waals surface area (Å²) in [6, 6.07) is 1.92. The van der Waals surface area contributed by atoms with E-state index >= 15 is 0 Å². The molecule has 1 rings (SSSR count). The Hall–Kier alpha value is -0.800. The summed E-state index contributed by atoms with van der Waals surface area (Å²) in [5.41, 5.74) is 1.17. The van der Waals surface area contributed by atoms with E-state index < -0.39 is 0 Å². The summed E-state index contributed by atoms with van der Waals surface area (Å²) in [5, 5.41) is 2.80. The highest BCUT2D eigenvalue weighted by Crippen LogP contribution is 2.20. The third-order valence-corrected chi connectivity index (χ3v) is 3.36. The number of rotatable bonds is 4. The molecule has 0 bridgehead atoms. The highest BCUT2D eigenvalue weighted by Gasteiger charge is 2.08. The molecule has 0 aliphatic rings. The molecule has 0 aromatic carbocycles. The van der Waals surface area contributed by atoms with Gasteiger partial charge in [0.05, 0.1) is 4.88 Å². The zero-order valence-corrected chi connectivity index (χ0v) is 10.4. The van der Waals surface area contributed by atoms with Crippen LogP contribution in [0.3, 0.4) is 0 Å². The number of nitrogens with one attached hydrogen (secondary N) is 1. The molecule has 1 N–H and O–H groups in total. The first-order chi connectivity index (χ1) is 7.15. The molecule has 1 amide bonds. The van der Waals surface area contributed by atoms with Gasteiger partial charge in [-0.15, -0.1) is 22.9 Å². The smallest absolute Gasteiger partial charge is 0.261 e. The van der Waals surface area contributed by atoms with E-state index in [1.165, 1.54) is 21.8 Å². The Morgan fingerprint density at radius 3 is 2.80 bits per heavy atom. The average molecular weight is 244 g/mol. The van der Waals surface area contributed by atoms with Crippen molar-refractivity contribution in [1.82, 2.24) is 5.32 Å². The van der Waals surface area contributed by atoms with Crippen LogP contribution in [0.15, 0.2) is 18.2 Å². The van der Waals surface area contributed by atoms with Crippen molar-refractivity contribution in [3.63, 3.8) is 0 Å². The fraction of sp³-hybridized carbons (Fsp3) is 0.364. The number of hydrogen-bond donors (Lipinski definition) is 1. The van der Waals surface area contributed by atoms with E-state index in [1.54, 1.807) is 0 Å². The van der Waals surface area contributed by atoms with Gasteiger partial charge in [-0.2, -0.15) is 0 Å². The van der Waals surface area contributed by atoms with Gasteiger partial charge in [0, 0.05) is 17.3 Å². The average Bonchev–Trinajstić information content (AvgIpc) is 2.54. The second-order valence-electron chi connectivity index (χ2n) is 3.19. The predicted molar refractivity (Wildman–Crippen MR) is 66.0 cm³/mol. The number of hydrogen-bond acceptors (Lipinski definition) is 2. The standard InChI is InChI=1S/C11H14ClNOS/c1-8-7-10(15-9(8)2)11(14)13-6-4-3-5-12/h3-4,7H,5-6H2,1-2H3,(H,13,14)/b4-3+. The molecule has 0 aliphatic heterocycles. The Morgan fingerprint density at radius 2 is 2.27 bits per heavy atom. The van der Waals surface area contributed by atoms with Gasteiger partial charge in [-0.1, -0.05) is 12.2 Å². The van der Waals surface area contributed by atoms with Crippen LogP contribution in [0.2, 0.25) is 0 Å². The molecule has 0 spiro atoms. The summed E-state index contributed by atoms with van der Waals surface area (Å²) in [6.45, 7) is 4.56. The Kier molecular flexibility index (Phi) is 4.85. The number of halogens is 1. The maximum atomic E-state index is 11.6.